The zero-order chi connectivity index (χ0) is 26.7. The molecule has 0 radical (unpaired) electrons. The third kappa shape index (κ3) is 7.07. The molecule has 1 aromatic heterocycles. The predicted molar refractivity (Wildman–Crippen MR) is 151 cm³/mol. The molecule has 0 saturated carbocycles. The molecule has 12 heteroatoms. The molecule has 37 heavy (non-hydrogen) atoms. The van der Waals surface area contributed by atoms with Gasteiger partial charge in [0.1, 0.15) is 4.70 Å². The fraction of sp³-hybridized carbons (Fsp3) is 0.280. The minimum atomic E-state index is -4.06. The summed E-state index contributed by atoms with van der Waals surface area (Å²) in [5.74, 6) is -1.21. The Morgan fingerprint density at radius 2 is 1.89 bits per heavy atom. The number of nitrogens with zero attached hydrogens (tertiary/aromatic N) is 2. The number of allylic oxidation sites excluding steroid dienone is 2. The van der Waals surface area contributed by atoms with E-state index in [1.165, 1.54) is 0 Å². The summed E-state index contributed by atoms with van der Waals surface area (Å²) in [7, 11) is -4.06. The smallest absolute Gasteiger partial charge is 0.305 e. The Labute approximate surface area is 233 Å². The molecule has 0 unspecified atom stereocenters. The number of aryl methyl sites for hydroxylation is 1. The Kier molecular flexibility index (Phi) is 8.88. The number of aliphatic carboxylic acids is 1. The summed E-state index contributed by atoms with van der Waals surface area (Å²) in [6.45, 7) is 2.75. The number of carboxylic acids is 1. The molecule has 2 heterocycles. The Balaban J connectivity index is 1.73. The van der Waals surface area contributed by atoms with Crippen LogP contribution in [-0.2, 0) is 21.5 Å². The number of benzene rings is 2. The molecule has 196 valence electrons. The van der Waals surface area contributed by atoms with E-state index in [2.05, 4.69) is 12.2 Å². The van der Waals surface area contributed by atoms with Crippen LogP contribution in [0.4, 0.5) is 5.69 Å². The lowest BCUT2D eigenvalue weighted by Crippen LogP contribution is -2.36. The second-order valence-corrected chi connectivity index (χ2v) is 13.0. The van der Waals surface area contributed by atoms with Crippen molar-refractivity contribution in [1.29, 1.82) is 0 Å². The highest BCUT2D eigenvalue weighted by Crippen LogP contribution is 2.47. The number of thioether (sulfide) groups is 1. The van der Waals surface area contributed by atoms with Crippen LogP contribution in [0.1, 0.15) is 31.2 Å². The molecule has 0 saturated heterocycles. The lowest BCUT2D eigenvalue weighted by molar-refractivity contribution is -0.668. The van der Waals surface area contributed by atoms with Crippen molar-refractivity contribution in [3.05, 3.63) is 68.1 Å². The Morgan fingerprint density at radius 3 is 2.59 bits per heavy atom. The summed E-state index contributed by atoms with van der Waals surface area (Å²) in [6, 6.07) is 11.2. The number of thiazole rings is 1. The summed E-state index contributed by atoms with van der Waals surface area (Å²) in [4.78, 5) is 14.3. The minimum absolute atomic E-state index is 0.0140. The van der Waals surface area contributed by atoms with Gasteiger partial charge in [-0.2, -0.15) is 13.0 Å². The molecule has 7 nitrogen and oxygen atoms in total. The van der Waals surface area contributed by atoms with Crippen molar-refractivity contribution in [2.45, 2.75) is 37.6 Å². The fourth-order valence-corrected chi connectivity index (χ4v) is 7.12. The molecule has 0 spiro atoms. The maximum absolute atomic E-state index is 11.3. The van der Waals surface area contributed by atoms with E-state index in [-0.39, 0.29) is 18.6 Å². The normalized spacial score (nSPS) is 15.1. The van der Waals surface area contributed by atoms with Crippen LogP contribution in [0.25, 0.3) is 16.3 Å². The Bertz CT molecular complexity index is 1520. The SMILES string of the molecule is CCC(=Cc1sc2ccc(Cl)cc2[n+]1CCCS(=O)(=O)O)C=C1Sc2ccc(Cl)cc2N1CCC(=O)O. The number of halogens is 2. The van der Waals surface area contributed by atoms with Gasteiger partial charge in [0, 0.05) is 40.0 Å². The van der Waals surface area contributed by atoms with Gasteiger partial charge in [-0.3, -0.25) is 9.35 Å². The first-order valence-electron chi connectivity index (χ1n) is 11.5. The summed E-state index contributed by atoms with van der Waals surface area (Å²) in [5, 5.41) is 12.3. The summed E-state index contributed by atoms with van der Waals surface area (Å²) in [6.07, 6.45) is 5.07. The monoisotopic (exact) mass is 599 g/mol. The van der Waals surface area contributed by atoms with E-state index < -0.39 is 16.1 Å². The van der Waals surface area contributed by atoms with Crippen molar-refractivity contribution in [1.82, 2.24) is 0 Å². The number of hydrogen-bond donors (Lipinski definition) is 2. The van der Waals surface area contributed by atoms with Crippen LogP contribution < -0.4 is 9.47 Å². The van der Waals surface area contributed by atoms with Crippen LogP contribution in [0.3, 0.4) is 0 Å². The van der Waals surface area contributed by atoms with Crippen molar-refractivity contribution in [3.63, 3.8) is 0 Å². The largest absolute Gasteiger partial charge is 0.481 e. The number of fused-ring (bicyclic) bond motifs is 2. The predicted octanol–water partition coefficient (Wildman–Crippen LogP) is 6.50. The number of anilines is 1. The molecule has 0 bridgehead atoms. The van der Waals surface area contributed by atoms with Crippen molar-refractivity contribution >= 4 is 84.4 Å². The maximum Gasteiger partial charge on any atom is 0.305 e. The van der Waals surface area contributed by atoms with Crippen LogP contribution in [0.5, 0.6) is 0 Å². The molecule has 0 amide bonds. The number of carbonyl (C=O) groups is 1. The van der Waals surface area contributed by atoms with Gasteiger partial charge in [0.05, 0.1) is 22.9 Å². The topological polar surface area (TPSA) is 98.8 Å². The van der Waals surface area contributed by atoms with Crippen molar-refractivity contribution in [3.8, 4) is 0 Å². The number of rotatable bonds is 10. The van der Waals surface area contributed by atoms with Crippen LogP contribution >= 0.6 is 46.3 Å². The molecular weight excluding hydrogens is 575 g/mol. The number of aromatic nitrogens is 1. The van der Waals surface area contributed by atoms with E-state index in [1.54, 1.807) is 23.1 Å². The van der Waals surface area contributed by atoms with E-state index in [0.29, 0.717) is 29.6 Å². The van der Waals surface area contributed by atoms with Gasteiger partial charge in [0.2, 0.25) is 5.52 Å². The molecule has 4 rings (SSSR count). The zero-order valence-corrected chi connectivity index (χ0v) is 23.8. The Morgan fingerprint density at radius 1 is 1.16 bits per heavy atom. The second kappa shape index (κ2) is 11.8. The quantitative estimate of drug-likeness (QED) is 0.203. The van der Waals surface area contributed by atoms with E-state index in [0.717, 1.165) is 36.4 Å². The highest BCUT2D eigenvalue weighted by molar-refractivity contribution is 8.03. The highest BCUT2D eigenvalue weighted by Gasteiger charge is 2.27. The molecule has 2 N–H and O–H groups in total. The van der Waals surface area contributed by atoms with Crippen molar-refractivity contribution in [2.24, 2.45) is 0 Å². The van der Waals surface area contributed by atoms with Gasteiger partial charge in [0.25, 0.3) is 15.1 Å². The summed E-state index contributed by atoms with van der Waals surface area (Å²) in [5.41, 5.74) is 2.79. The third-order valence-electron chi connectivity index (χ3n) is 5.74. The fourth-order valence-electron chi connectivity index (χ4n) is 4.00. The van der Waals surface area contributed by atoms with Gasteiger partial charge in [-0.05, 0) is 48.4 Å². The van der Waals surface area contributed by atoms with Gasteiger partial charge < -0.3 is 10.0 Å². The van der Waals surface area contributed by atoms with Crippen LogP contribution in [0.15, 0.2) is 58.0 Å². The Hall–Kier alpha value is -2.08. The second-order valence-electron chi connectivity index (χ2n) is 8.41. The average molecular weight is 601 g/mol. The number of hydrogen-bond acceptors (Lipinski definition) is 6. The lowest BCUT2D eigenvalue weighted by Gasteiger charge is -2.20. The van der Waals surface area contributed by atoms with E-state index in [4.69, 9.17) is 23.2 Å². The van der Waals surface area contributed by atoms with Gasteiger partial charge in [-0.15, -0.1) is 0 Å². The van der Waals surface area contributed by atoms with Crippen LogP contribution in [0, 0.1) is 0 Å². The van der Waals surface area contributed by atoms with Gasteiger partial charge in [-0.25, -0.2) is 0 Å². The third-order valence-corrected chi connectivity index (χ3v) is 9.24. The average Bonchev–Trinajstić information content (AvgIpc) is 3.33. The number of carboxylic acid groups (broad SMARTS) is 1. The van der Waals surface area contributed by atoms with Gasteiger partial charge >= 0.3 is 5.97 Å². The van der Waals surface area contributed by atoms with E-state index in [9.17, 15) is 22.9 Å². The molecule has 1 aliphatic rings. The first-order chi connectivity index (χ1) is 17.5. The maximum atomic E-state index is 11.3. The standard InChI is InChI=1S/C25H24Cl2N2O5S3/c1-2-16(13-24-29(10-8-25(30)31)20-15-18(27)5-7-22(20)36-24)12-23-28(9-3-11-37(32,33)34)19-14-17(26)4-6-21(19)35-23/h4-7,12-15H,2-3,8-11H2,1H3,(H-,30,31,32,33,34)/p+1. The zero-order valence-electron chi connectivity index (χ0n) is 19.9. The first-order valence-corrected chi connectivity index (χ1v) is 15.5. The lowest BCUT2D eigenvalue weighted by atomic mass is 10.2. The van der Waals surface area contributed by atoms with Gasteiger partial charge in [-0.1, -0.05) is 53.2 Å². The van der Waals surface area contributed by atoms with E-state index in [1.807, 2.05) is 52.8 Å². The van der Waals surface area contributed by atoms with Crippen LogP contribution in [-0.4, -0.2) is 36.3 Å². The molecule has 0 fully saturated rings. The minimum Gasteiger partial charge on any atom is -0.481 e. The highest BCUT2D eigenvalue weighted by atomic mass is 35.5. The van der Waals surface area contributed by atoms with Crippen molar-refractivity contribution < 1.29 is 27.4 Å². The molecule has 0 aliphatic carbocycles. The van der Waals surface area contributed by atoms with E-state index >= 15 is 0 Å². The first kappa shape index (κ1) is 27.9. The molecule has 3 aromatic rings. The van der Waals surface area contributed by atoms with Crippen molar-refractivity contribution in [2.75, 3.05) is 17.2 Å². The van der Waals surface area contributed by atoms with Crippen LogP contribution in [0.2, 0.25) is 10.0 Å². The molecule has 1 aliphatic heterocycles. The summed E-state index contributed by atoms with van der Waals surface area (Å²) >= 11 is 15.6. The molecule has 2 aromatic carbocycles. The summed E-state index contributed by atoms with van der Waals surface area (Å²) < 4.78 is 34.8. The molecular formula is C25H25Cl2N2O5S3+. The molecule has 0 atom stereocenters. The van der Waals surface area contributed by atoms with Gasteiger partial charge in [0.15, 0.2) is 6.54 Å².